The third-order valence-electron chi connectivity index (χ3n) is 3.51. The topological polar surface area (TPSA) is 109 Å². The number of nitrogens with zero attached hydrogens (tertiary/aromatic N) is 2. The molecule has 3 aromatic rings. The summed E-state index contributed by atoms with van der Waals surface area (Å²) < 4.78 is 29.9. The Morgan fingerprint density at radius 2 is 1.81 bits per heavy atom. The van der Waals surface area contributed by atoms with Gasteiger partial charge in [0.05, 0.1) is 30.8 Å². The standard InChI is InChI=1S/C17H15FN4O4/c1-24-14-6-10-12(7-15(14)25-2)20-8-21-16(10)26-13-5-9(18)3-4-11(13)22-17(19)23/h3-8H,1-2H3,(H3,19,22,23). The molecule has 0 atom stereocenters. The molecule has 0 saturated heterocycles. The van der Waals surface area contributed by atoms with Crippen LogP contribution in [0, 0.1) is 5.82 Å². The molecule has 134 valence electrons. The molecule has 0 fully saturated rings. The smallest absolute Gasteiger partial charge is 0.316 e. The lowest BCUT2D eigenvalue weighted by molar-refractivity contribution is 0.259. The molecule has 3 rings (SSSR count). The van der Waals surface area contributed by atoms with E-state index in [0.717, 1.165) is 6.07 Å². The van der Waals surface area contributed by atoms with Crippen LogP contribution >= 0.6 is 0 Å². The van der Waals surface area contributed by atoms with Gasteiger partial charge in [0.1, 0.15) is 12.1 Å². The normalized spacial score (nSPS) is 10.4. The van der Waals surface area contributed by atoms with Crippen molar-refractivity contribution < 1.29 is 23.4 Å². The van der Waals surface area contributed by atoms with Gasteiger partial charge in [-0.15, -0.1) is 0 Å². The molecule has 9 heteroatoms. The Morgan fingerprint density at radius 3 is 2.50 bits per heavy atom. The van der Waals surface area contributed by atoms with E-state index in [9.17, 15) is 9.18 Å². The Balaban J connectivity index is 2.09. The molecule has 8 nitrogen and oxygen atoms in total. The van der Waals surface area contributed by atoms with Crippen molar-refractivity contribution in [3.8, 4) is 23.1 Å². The highest BCUT2D eigenvalue weighted by Crippen LogP contribution is 2.37. The monoisotopic (exact) mass is 358 g/mol. The third-order valence-corrected chi connectivity index (χ3v) is 3.51. The number of nitrogens with one attached hydrogen (secondary N) is 1. The molecule has 1 aromatic heterocycles. The Bertz CT molecular complexity index is 980. The quantitative estimate of drug-likeness (QED) is 0.725. The number of carbonyl (C=O) groups is 1. The Kier molecular flexibility index (Phi) is 4.70. The van der Waals surface area contributed by atoms with Crippen molar-refractivity contribution in [1.29, 1.82) is 0 Å². The van der Waals surface area contributed by atoms with E-state index in [4.69, 9.17) is 19.9 Å². The maximum atomic E-state index is 13.6. The fourth-order valence-corrected chi connectivity index (χ4v) is 2.36. The minimum Gasteiger partial charge on any atom is -0.493 e. The fourth-order valence-electron chi connectivity index (χ4n) is 2.36. The van der Waals surface area contributed by atoms with E-state index < -0.39 is 11.8 Å². The van der Waals surface area contributed by atoms with Crippen molar-refractivity contribution in [3.05, 3.63) is 42.5 Å². The number of halogens is 1. The van der Waals surface area contributed by atoms with Gasteiger partial charge in [0.25, 0.3) is 0 Å². The van der Waals surface area contributed by atoms with Gasteiger partial charge in [0.2, 0.25) is 5.88 Å². The predicted octanol–water partition coefficient (Wildman–Crippen LogP) is 3.07. The van der Waals surface area contributed by atoms with Crippen LogP contribution in [0.3, 0.4) is 0 Å². The van der Waals surface area contributed by atoms with E-state index >= 15 is 0 Å². The van der Waals surface area contributed by atoms with Gasteiger partial charge in [-0.2, -0.15) is 0 Å². The van der Waals surface area contributed by atoms with E-state index in [1.165, 1.54) is 32.7 Å². The number of rotatable bonds is 5. The van der Waals surface area contributed by atoms with Crippen LogP contribution in [0.4, 0.5) is 14.9 Å². The number of primary amides is 1. The molecule has 0 aliphatic carbocycles. The second-order valence-corrected chi connectivity index (χ2v) is 5.13. The predicted molar refractivity (Wildman–Crippen MR) is 92.3 cm³/mol. The van der Waals surface area contributed by atoms with Crippen LogP contribution in [0.15, 0.2) is 36.7 Å². The Labute approximate surface area is 147 Å². The second-order valence-electron chi connectivity index (χ2n) is 5.13. The molecule has 3 N–H and O–H groups in total. The molecule has 0 aliphatic rings. The average Bonchev–Trinajstić information content (AvgIpc) is 2.62. The van der Waals surface area contributed by atoms with Crippen molar-refractivity contribution in [2.24, 2.45) is 5.73 Å². The molecule has 2 aromatic carbocycles. The van der Waals surface area contributed by atoms with Gasteiger partial charge in [0.15, 0.2) is 17.2 Å². The van der Waals surface area contributed by atoms with Crippen molar-refractivity contribution in [2.75, 3.05) is 19.5 Å². The van der Waals surface area contributed by atoms with Crippen molar-refractivity contribution >= 4 is 22.6 Å². The van der Waals surface area contributed by atoms with Gasteiger partial charge in [0, 0.05) is 12.1 Å². The molecule has 0 bridgehead atoms. The van der Waals surface area contributed by atoms with Gasteiger partial charge in [-0.3, -0.25) is 0 Å². The molecular formula is C17H15FN4O4. The highest BCUT2D eigenvalue weighted by Gasteiger charge is 2.15. The summed E-state index contributed by atoms with van der Waals surface area (Å²) in [6.45, 7) is 0. The average molecular weight is 358 g/mol. The van der Waals surface area contributed by atoms with E-state index in [-0.39, 0.29) is 17.3 Å². The number of anilines is 1. The van der Waals surface area contributed by atoms with Crippen LogP contribution in [0.25, 0.3) is 10.9 Å². The third kappa shape index (κ3) is 3.41. The summed E-state index contributed by atoms with van der Waals surface area (Å²) in [5.74, 6) is 0.584. The largest absolute Gasteiger partial charge is 0.493 e. The second kappa shape index (κ2) is 7.09. The first kappa shape index (κ1) is 17.2. The minimum atomic E-state index is -0.805. The van der Waals surface area contributed by atoms with Crippen molar-refractivity contribution in [2.45, 2.75) is 0 Å². The van der Waals surface area contributed by atoms with Crippen LogP contribution in [-0.4, -0.2) is 30.2 Å². The molecule has 0 spiro atoms. The van der Waals surface area contributed by atoms with E-state index in [1.54, 1.807) is 12.1 Å². The number of carbonyl (C=O) groups excluding carboxylic acids is 1. The molecule has 2 amide bonds. The first-order chi connectivity index (χ1) is 12.5. The fraction of sp³-hybridized carbons (Fsp3) is 0.118. The van der Waals surface area contributed by atoms with E-state index in [0.29, 0.717) is 22.4 Å². The van der Waals surface area contributed by atoms with Crippen LogP contribution in [0.5, 0.6) is 23.1 Å². The summed E-state index contributed by atoms with van der Waals surface area (Å²) >= 11 is 0. The Morgan fingerprint density at radius 1 is 1.08 bits per heavy atom. The van der Waals surface area contributed by atoms with Gasteiger partial charge in [-0.1, -0.05) is 0 Å². The number of aromatic nitrogens is 2. The zero-order valence-corrected chi connectivity index (χ0v) is 13.9. The zero-order chi connectivity index (χ0) is 18.7. The minimum absolute atomic E-state index is 0.0404. The lowest BCUT2D eigenvalue weighted by Crippen LogP contribution is -2.19. The molecule has 0 unspecified atom stereocenters. The highest BCUT2D eigenvalue weighted by atomic mass is 19.1. The zero-order valence-electron chi connectivity index (χ0n) is 13.9. The number of hydrogen-bond donors (Lipinski definition) is 2. The number of urea groups is 1. The van der Waals surface area contributed by atoms with Crippen molar-refractivity contribution in [3.63, 3.8) is 0 Å². The maximum Gasteiger partial charge on any atom is 0.316 e. The van der Waals surface area contributed by atoms with Gasteiger partial charge in [-0.25, -0.2) is 19.2 Å². The molecule has 0 aliphatic heterocycles. The van der Waals surface area contributed by atoms with Crippen molar-refractivity contribution in [1.82, 2.24) is 9.97 Å². The van der Waals surface area contributed by atoms with Crippen LogP contribution in [0.1, 0.15) is 0 Å². The first-order valence-corrected chi connectivity index (χ1v) is 7.42. The van der Waals surface area contributed by atoms with Gasteiger partial charge >= 0.3 is 6.03 Å². The number of fused-ring (bicyclic) bond motifs is 1. The SMILES string of the molecule is COc1cc2ncnc(Oc3cc(F)ccc3NC(N)=O)c2cc1OC. The lowest BCUT2D eigenvalue weighted by Gasteiger charge is -2.13. The van der Waals surface area contributed by atoms with Gasteiger partial charge in [-0.05, 0) is 18.2 Å². The number of ether oxygens (including phenoxy) is 3. The number of benzene rings is 2. The summed E-state index contributed by atoms with van der Waals surface area (Å²) in [6, 6.07) is 6.12. The van der Waals surface area contributed by atoms with Crippen LogP contribution in [0.2, 0.25) is 0 Å². The maximum absolute atomic E-state index is 13.6. The first-order valence-electron chi connectivity index (χ1n) is 7.42. The van der Waals surface area contributed by atoms with E-state index in [1.807, 2.05) is 0 Å². The Hall–Kier alpha value is -3.62. The van der Waals surface area contributed by atoms with Crippen LogP contribution in [-0.2, 0) is 0 Å². The molecule has 0 saturated carbocycles. The number of amides is 2. The summed E-state index contributed by atoms with van der Waals surface area (Å²) in [5.41, 5.74) is 5.87. The molecule has 1 heterocycles. The number of hydrogen-bond acceptors (Lipinski definition) is 6. The summed E-state index contributed by atoms with van der Waals surface area (Å²) in [7, 11) is 3.01. The number of nitrogens with two attached hydrogens (primary N) is 1. The summed E-state index contributed by atoms with van der Waals surface area (Å²) in [4.78, 5) is 19.4. The summed E-state index contributed by atoms with van der Waals surface area (Å²) in [5, 5.41) is 2.88. The van der Waals surface area contributed by atoms with Gasteiger partial charge < -0.3 is 25.3 Å². The summed E-state index contributed by atoms with van der Waals surface area (Å²) in [6.07, 6.45) is 1.30. The van der Waals surface area contributed by atoms with Crippen LogP contribution < -0.4 is 25.3 Å². The number of methoxy groups -OCH3 is 2. The van der Waals surface area contributed by atoms with E-state index in [2.05, 4.69) is 15.3 Å². The lowest BCUT2D eigenvalue weighted by atomic mass is 10.2. The molecule has 0 radical (unpaired) electrons. The molecule has 26 heavy (non-hydrogen) atoms. The highest BCUT2D eigenvalue weighted by molar-refractivity contribution is 5.90. The molecular weight excluding hydrogens is 343 g/mol.